The van der Waals surface area contributed by atoms with Crippen molar-refractivity contribution in [2.45, 2.75) is 39.2 Å². The predicted molar refractivity (Wildman–Crippen MR) is 84.9 cm³/mol. The Kier molecular flexibility index (Phi) is 7.32. The molecule has 0 amide bonds. The molecule has 1 aromatic carbocycles. The van der Waals surface area contributed by atoms with E-state index in [1.807, 2.05) is 12.1 Å². The van der Waals surface area contributed by atoms with Crippen LogP contribution in [0.5, 0.6) is 17.2 Å². The van der Waals surface area contributed by atoms with Crippen molar-refractivity contribution >= 4 is 0 Å². The molecule has 3 N–H and O–H groups in total. The predicted octanol–water partition coefficient (Wildman–Crippen LogP) is 3.04. The highest BCUT2D eigenvalue weighted by atomic mass is 16.5. The monoisotopic (exact) mass is 296 g/mol. The van der Waals surface area contributed by atoms with Crippen LogP contribution in [-0.4, -0.2) is 21.3 Å². The summed E-state index contributed by atoms with van der Waals surface area (Å²) in [6.07, 6.45) is 3.21. The van der Waals surface area contributed by atoms with Gasteiger partial charge in [0.2, 0.25) is 5.75 Å². The molecule has 0 heterocycles. The van der Waals surface area contributed by atoms with Crippen LogP contribution >= 0.6 is 0 Å². The van der Waals surface area contributed by atoms with Gasteiger partial charge in [0.1, 0.15) is 0 Å². The van der Waals surface area contributed by atoms with Crippen LogP contribution < -0.4 is 25.5 Å². The molecule has 0 saturated carbocycles. The summed E-state index contributed by atoms with van der Waals surface area (Å²) in [4.78, 5) is 0. The van der Waals surface area contributed by atoms with E-state index in [1.54, 1.807) is 21.3 Å². The number of benzene rings is 1. The van der Waals surface area contributed by atoms with Crippen LogP contribution in [0.15, 0.2) is 12.1 Å². The minimum Gasteiger partial charge on any atom is -0.493 e. The first-order chi connectivity index (χ1) is 10.2. The van der Waals surface area contributed by atoms with Crippen LogP contribution in [0.3, 0.4) is 0 Å². The Morgan fingerprint density at radius 2 is 1.62 bits per heavy atom. The quantitative estimate of drug-likeness (QED) is 0.541. The molecule has 0 aliphatic rings. The van der Waals surface area contributed by atoms with Gasteiger partial charge in [-0.3, -0.25) is 11.3 Å². The first kappa shape index (κ1) is 17.6. The van der Waals surface area contributed by atoms with Gasteiger partial charge < -0.3 is 14.2 Å². The molecule has 1 aromatic rings. The normalized spacial score (nSPS) is 12.3. The van der Waals surface area contributed by atoms with Crippen molar-refractivity contribution in [3.05, 3.63) is 17.7 Å². The molecule has 0 aliphatic carbocycles. The molecule has 5 heteroatoms. The van der Waals surface area contributed by atoms with Crippen molar-refractivity contribution in [2.75, 3.05) is 21.3 Å². The first-order valence-corrected chi connectivity index (χ1v) is 7.41. The largest absolute Gasteiger partial charge is 0.493 e. The van der Waals surface area contributed by atoms with Gasteiger partial charge in [-0.2, -0.15) is 0 Å². The van der Waals surface area contributed by atoms with E-state index in [0.29, 0.717) is 23.2 Å². The third kappa shape index (κ3) is 4.02. The minimum absolute atomic E-state index is 0.0182. The molecule has 0 fully saturated rings. The van der Waals surface area contributed by atoms with Gasteiger partial charge in [0.15, 0.2) is 11.5 Å². The molecule has 0 spiro atoms. The topological polar surface area (TPSA) is 65.7 Å². The molecule has 21 heavy (non-hydrogen) atoms. The van der Waals surface area contributed by atoms with Crippen molar-refractivity contribution < 1.29 is 14.2 Å². The molecular weight excluding hydrogens is 268 g/mol. The molecule has 5 nitrogen and oxygen atoms in total. The maximum absolute atomic E-state index is 5.77. The highest BCUT2D eigenvalue weighted by molar-refractivity contribution is 5.56. The van der Waals surface area contributed by atoms with Gasteiger partial charge >= 0.3 is 0 Å². The van der Waals surface area contributed by atoms with Crippen LogP contribution in [0.25, 0.3) is 0 Å². The standard InChI is InChI=1S/C16H28N2O3/c1-6-11(7-2)10-13(18-17)12-8-9-14(19-3)16(21-5)15(12)20-4/h8-9,11,13,18H,6-7,10,17H2,1-5H3. The summed E-state index contributed by atoms with van der Waals surface area (Å²) >= 11 is 0. The van der Waals surface area contributed by atoms with Crippen LogP contribution in [-0.2, 0) is 0 Å². The fourth-order valence-electron chi connectivity index (χ4n) is 2.64. The van der Waals surface area contributed by atoms with E-state index in [4.69, 9.17) is 20.1 Å². The number of hydrogen-bond acceptors (Lipinski definition) is 5. The van der Waals surface area contributed by atoms with Crippen molar-refractivity contribution in [2.24, 2.45) is 11.8 Å². The second kappa shape index (κ2) is 8.74. The number of nitrogens with two attached hydrogens (primary N) is 1. The first-order valence-electron chi connectivity index (χ1n) is 7.41. The lowest BCUT2D eigenvalue weighted by molar-refractivity contribution is 0.313. The smallest absolute Gasteiger partial charge is 0.203 e. The van der Waals surface area contributed by atoms with Gasteiger partial charge in [0.25, 0.3) is 0 Å². The summed E-state index contributed by atoms with van der Waals surface area (Å²) < 4.78 is 16.3. The van der Waals surface area contributed by atoms with E-state index in [2.05, 4.69) is 19.3 Å². The maximum Gasteiger partial charge on any atom is 0.203 e. The second-order valence-electron chi connectivity index (χ2n) is 5.06. The average molecular weight is 296 g/mol. The van der Waals surface area contributed by atoms with Crippen LogP contribution in [0.4, 0.5) is 0 Å². The Bertz CT molecular complexity index is 434. The van der Waals surface area contributed by atoms with E-state index >= 15 is 0 Å². The molecule has 0 bridgehead atoms. The molecule has 120 valence electrons. The highest BCUT2D eigenvalue weighted by Crippen LogP contribution is 2.43. The molecule has 1 atom stereocenters. The number of nitrogens with one attached hydrogen (secondary N) is 1. The minimum atomic E-state index is 0.0182. The average Bonchev–Trinajstić information content (AvgIpc) is 2.54. The number of methoxy groups -OCH3 is 3. The Hall–Kier alpha value is -1.46. The molecule has 0 saturated heterocycles. The summed E-state index contributed by atoms with van der Waals surface area (Å²) in [5.74, 6) is 8.31. The van der Waals surface area contributed by atoms with Gasteiger partial charge in [-0.25, -0.2) is 0 Å². The zero-order valence-corrected chi connectivity index (χ0v) is 13.7. The van der Waals surface area contributed by atoms with Gasteiger partial charge in [-0.05, 0) is 24.5 Å². The summed E-state index contributed by atoms with van der Waals surface area (Å²) in [5.41, 5.74) is 3.89. The van der Waals surface area contributed by atoms with Gasteiger partial charge in [-0.15, -0.1) is 0 Å². The van der Waals surface area contributed by atoms with Crippen molar-refractivity contribution in [3.8, 4) is 17.2 Å². The number of rotatable bonds is 9. The van der Waals surface area contributed by atoms with E-state index in [9.17, 15) is 0 Å². The number of ether oxygens (including phenoxy) is 3. The molecule has 0 aromatic heterocycles. The fraction of sp³-hybridized carbons (Fsp3) is 0.625. The molecule has 1 unspecified atom stereocenters. The number of hydrogen-bond donors (Lipinski definition) is 2. The lowest BCUT2D eigenvalue weighted by Crippen LogP contribution is -2.30. The Morgan fingerprint density at radius 1 is 1.00 bits per heavy atom. The third-order valence-electron chi connectivity index (χ3n) is 4.03. The van der Waals surface area contributed by atoms with Crippen LogP contribution in [0.2, 0.25) is 0 Å². The van der Waals surface area contributed by atoms with E-state index in [1.165, 1.54) is 0 Å². The zero-order chi connectivity index (χ0) is 15.8. The maximum atomic E-state index is 5.77. The van der Waals surface area contributed by atoms with Gasteiger partial charge in [0, 0.05) is 5.56 Å². The van der Waals surface area contributed by atoms with Gasteiger partial charge in [0.05, 0.1) is 27.4 Å². The zero-order valence-electron chi connectivity index (χ0n) is 13.7. The fourth-order valence-corrected chi connectivity index (χ4v) is 2.64. The molecule has 0 radical (unpaired) electrons. The molecular formula is C16H28N2O3. The Morgan fingerprint density at radius 3 is 2.05 bits per heavy atom. The summed E-state index contributed by atoms with van der Waals surface area (Å²) in [6.45, 7) is 4.40. The van der Waals surface area contributed by atoms with Gasteiger partial charge in [-0.1, -0.05) is 26.7 Å². The summed E-state index contributed by atoms with van der Waals surface area (Å²) in [7, 11) is 4.85. The summed E-state index contributed by atoms with van der Waals surface area (Å²) in [6, 6.07) is 3.88. The lowest BCUT2D eigenvalue weighted by atomic mass is 9.91. The number of hydrazine groups is 1. The second-order valence-corrected chi connectivity index (χ2v) is 5.06. The highest BCUT2D eigenvalue weighted by Gasteiger charge is 2.23. The molecule has 0 aliphatic heterocycles. The van der Waals surface area contributed by atoms with Crippen LogP contribution in [0, 0.1) is 5.92 Å². The molecule has 1 rings (SSSR count). The van der Waals surface area contributed by atoms with Crippen molar-refractivity contribution in [1.29, 1.82) is 0 Å². The van der Waals surface area contributed by atoms with Crippen molar-refractivity contribution in [3.63, 3.8) is 0 Å². The Balaban J connectivity index is 3.20. The van der Waals surface area contributed by atoms with E-state index in [0.717, 1.165) is 24.8 Å². The van der Waals surface area contributed by atoms with Crippen LogP contribution in [0.1, 0.15) is 44.7 Å². The van der Waals surface area contributed by atoms with E-state index in [-0.39, 0.29) is 6.04 Å². The van der Waals surface area contributed by atoms with E-state index < -0.39 is 0 Å². The lowest BCUT2D eigenvalue weighted by Gasteiger charge is -2.24. The van der Waals surface area contributed by atoms with Crippen molar-refractivity contribution in [1.82, 2.24) is 5.43 Å². The Labute approximate surface area is 127 Å². The third-order valence-corrected chi connectivity index (χ3v) is 4.03. The SMILES string of the molecule is CCC(CC)CC(NN)c1ccc(OC)c(OC)c1OC. The summed E-state index contributed by atoms with van der Waals surface area (Å²) in [5, 5.41) is 0.